The summed E-state index contributed by atoms with van der Waals surface area (Å²) in [6.45, 7) is 6.16. The van der Waals surface area contributed by atoms with Crippen molar-refractivity contribution in [3.8, 4) is 0 Å². The van der Waals surface area contributed by atoms with Crippen molar-refractivity contribution in [2.24, 2.45) is 5.92 Å². The molecule has 1 atom stereocenters. The summed E-state index contributed by atoms with van der Waals surface area (Å²) < 4.78 is 4.80. The zero-order valence-corrected chi connectivity index (χ0v) is 17.1. The third kappa shape index (κ3) is 3.91. The Kier molecular flexibility index (Phi) is 5.79. The van der Waals surface area contributed by atoms with Crippen molar-refractivity contribution < 1.29 is 19.1 Å². The Morgan fingerprint density at radius 2 is 2.00 bits per heavy atom. The van der Waals surface area contributed by atoms with Crippen molar-refractivity contribution in [3.63, 3.8) is 0 Å². The molecular weight excluding hydrogens is 378 g/mol. The molecular formula is C20H23N3O4S. The first-order valence-corrected chi connectivity index (χ1v) is 9.91. The number of thiazole rings is 1. The van der Waals surface area contributed by atoms with Gasteiger partial charge in [-0.1, -0.05) is 32.0 Å². The third-order valence-corrected chi connectivity index (χ3v) is 5.59. The summed E-state index contributed by atoms with van der Waals surface area (Å²) in [6, 6.07) is 6.67. The number of rotatable bonds is 6. The number of benzene rings is 1. The van der Waals surface area contributed by atoms with Crippen LogP contribution in [0.4, 0.5) is 5.13 Å². The highest BCUT2D eigenvalue weighted by atomic mass is 32.1. The second-order valence-corrected chi connectivity index (χ2v) is 8.22. The highest BCUT2D eigenvalue weighted by Gasteiger charge is 2.34. The van der Waals surface area contributed by atoms with Crippen LogP contribution in [0.25, 0.3) is 0 Å². The molecule has 1 N–H and O–H groups in total. The molecule has 1 aromatic carbocycles. The number of nitrogens with zero attached hydrogens (tertiary/aromatic N) is 2. The highest BCUT2D eigenvalue weighted by molar-refractivity contribution is 7.16. The van der Waals surface area contributed by atoms with Gasteiger partial charge in [0.1, 0.15) is 6.04 Å². The molecule has 8 heteroatoms. The van der Waals surface area contributed by atoms with E-state index < -0.39 is 12.0 Å². The van der Waals surface area contributed by atoms with Crippen LogP contribution in [0.3, 0.4) is 0 Å². The number of amides is 2. The average molecular weight is 401 g/mol. The van der Waals surface area contributed by atoms with Crippen LogP contribution >= 0.6 is 11.3 Å². The molecule has 7 nitrogen and oxygen atoms in total. The molecule has 148 valence electrons. The van der Waals surface area contributed by atoms with E-state index in [2.05, 4.69) is 10.3 Å². The minimum absolute atomic E-state index is 0.159. The molecule has 0 fully saturated rings. The molecule has 2 aromatic rings. The first-order chi connectivity index (χ1) is 13.3. The van der Waals surface area contributed by atoms with E-state index in [1.165, 1.54) is 23.3 Å². The van der Waals surface area contributed by atoms with Gasteiger partial charge in [-0.2, -0.15) is 0 Å². The molecule has 28 heavy (non-hydrogen) atoms. The number of carbonyl (C=O) groups excluding carboxylic acids is 3. The van der Waals surface area contributed by atoms with Gasteiger partial charge in [-0.25, -0.2) is 9.78 Å². The average Bonchev–Trinajstić information content (AvgIpc) is 3.21. The van der Waals surface area contributed by atoms with Gasteiger partial charge in [0.25, 0.3) is 5.91 Å². The van der Waals surface area contributed by atoms with E-state index in [1.807, 2.05) is 32.0 Å². The van der Waals surface area contributed by atoms with Gasteiger partial charge < -0.3 is 15.0 Å². The molecule has 0 aliphatic carbocycles. The maximum atomic E-state index is 12.7. The first-order valence-electron chi connectivity index (χ1n) is 9.09. The van der Waals surface area contributed by atoms with Gasteiger partial charge in [-0.3, -0.25) is 9.59 Å². The number of hydrogen-bond acceptors (Lipinski definition) is 6. The van der Waals surface area contributed by atoms with Crippen LogP contribution in [0.5, 0.6) is 0 Å². The highest BCUT2D eigenvalue weighted by Crippen LogP contribution is 2.28. The molecule has 1 aliphatic rings. The summed E-state index contributed by atoms with van der Waals surface area (Å²) in [7, 11) is 1.30. The van der Waals surface area contributed by atoms with Gasteiger partial charge in [0.05, 0.1) is 7.11 Å². The van der Waals surface area contributed by atoms with Crippen LogP contribution in [-0.4, -0.2) is 40.8 Å². The van der Waals surface area contributed by atoms with Crippen molar-refractivity contribution in [2.75, 3.05) is 12.4 Å². The van der Waals surface area contributed by atoms with Crippen LogP contribution in [0.15, 0.2) is 24.3 Å². The number of aromatic nitrogens is 1. The molecule has 0 radical (unpaired) electrons. The smallest absolute Gasteiger partial charge is 0.357 e. The summed E-state index contributed by atoms with van der Waals surface area (Å²) in [5, 5.41) is 3.08. The van der Waals surface area contributed by atoms with Crippen molar-refractivity contribution in [2.45, 2.75) is 39.8 Å². The lowest BCUT2D eigenvalue weighted by atomic mass is 10.1. The third-order valence-electron chi connectivity index (χ3n) is 4.60. The first kappa shape index (κ1) is 20.0. The fourth-order valence-electron chi connectivity index (χ4n) is 3.11. The van der Waals surface area contributed by atoms with Crippen molar-refractivity contribution in [1.82, 2.24) is 9.88 Å². The van der Waals surface area contributed by atoms with Gasteiger partial charge in [-0.15, -0.1) is 11.3 Å². The van der Waals surface area contributed by atoms with Crippen LogP contribution in [0.1, 0.15) is 52.1 Å². The van der Waals surface area contributed by atoms with E-state index in [1.54, 1.807) is 13.0 Å². The van der Waals surface area contributed by atoms with E-state index in [4.69, 9.17) is 4.74 Å². The Bertz CT molecular complexity index is 922. The standard InChI is InChI=1S/C20H23N3O4S/c1-11(2)9-15-16(19(26)27-4)21-20(28-15)22-17(24)12(3)23-10-13-7-5-6-8-14(13)18(23)25/h5-8,11-12H,9-10H2,1-4H3,(H,21,22,24)/t12-/m1/s1. The molecule has 3 rings (SSSR count). The number of fused-ring (bicyclic) bond motifs is 1. The molecule has 0 spiro atoms. The lowest BCUT2D eigenvalue weighted by molar-refractivity contribution is -0.120. The lowest BCUT2D eigenvalue weighted by Crippen LogP contribution is -2.42. The van der Waals surface area contributed by atoms with Gasteiger partial charge in [0.2, 0.25) is 5.91 Å². The minimum Gasteiger partial charge on any atom is -0.464 e. The van der Waals surface area contributed by atoms with Gasteiger partial charge in [0, 0.05) is 17.0 Å². The van der Waals surface area contributed by atoms with Crippen LogP contribution in [-0.2, 0) is 22.5 Å². The molecule has 0 unspecified atom stereocenters. The second kappa shape index (κ2) is 8.10. The monoisotopic (exact) mass is 401 g/mol. The number of methoxy groups -OCH3 is 1. The maximum Gasteiger partial charge on any atom is 0.357 e. The number of esters is 1. The summed E-state index contributed by atoms with van der Waals surface area (Å²) in [6.07, 6.45) is 0.660. The van der Waals surface area contributed by atoms with E-state index in [0.717, 1.165) is 10.4 Å². The van der Waals surface area contributed by atoms with Crippen LogP contribution in [0.2, 0.25) is 0 Å². The van der Waals surface area contributed by atoms with Crippen LogP contribution in [0, 0.1) is 5.92 Å². The van der Waals surface area contributed by atoms with Crippen LogP contribution < -0.4 is 5.32 Å². The Morgan fingerprint density at radius 3 is 2.64 bits per heavy atom. The summed E-state index contributed by atoms with van der Waals surface area (Å²) >= 11 is 1.26. The Balaban J connectivity index is 1.75. The Morgan fingerprint density at radius 1 is 1.29 bits per heavy atom. The zero-order valence-electron chi connectivity index (χ0n) is 16.3. The minimum atomic E-state index is -0.668. The zero-order chi connectivity index (χ0) is 20.4. The predicted molar refractivity (Wildman–Crippen MR) is 106 cm³/mol. The number of carbonyl (C=O) groups is 3. The fourth-order valence-corrected chi connectivity index (χ4v) is 4.28. The van der Waals surface area contributed by atoms with Gasteiger partial charge >= 0.3 is 5.97 Å². The topological polar surface area (TPSA) is 88.6 Å². The van der Waals surface area contributed by atoms with E-state index in [0.29, 0.717) is 29.6 Å². The van der Waals surface area contributed by atoms with Crippen molar-refractivity contribution in [1.29, 1.82) is 0 Å². The summed E-state index contributed by atoms with van der Waals surface area (Å²) in [5.41, 5.74) is 1.77. The molecule has 2 amide bonds. The largest absolute Gasteiger partial charge is 0.464 e. The number of nitrogens with one attached hydrogen (secondary N) is 1. The van der Waals surface area contributed by atoms with Crippen molar-refractivity contribution >= 4 is 34.3 Å². The predicted octanol–water partition coefficient (Wildman–Crippen LogP) is 3.11. The molecule has 0 saturated carbocycles. The number of ether oxygens (including phenoxy) is 1. The van der Waals surface area contributed by atoms with E-state index >= 15 is 0 Å². The maximum absolute atomic E-state index is 12.7. The molecule has 1 aliphatic heterocycles. The molecule has 2 heterocycles. The number of anilines is 1. The quantitative estimate of drug-likeness (QED) is 0.752. The van der Waals surface area contributed by atoms with Gasteiger partial charge in [-0.05, 0) is 30.9 Å². The number of hydrogen-bond donors (Lipinski definition) is 1. The Hall–Kier alpha value is -2.74. The molecule has 0 bridgehead atoms. The van der Waals surface area contributed by atoms with E-state index in [9.17, 15) is 14.4 Å². The SMILES string of the molecule is COC(=O)c1nc(NC(=O)[C@@H](C)N2Cc3ccccc3C2=O)sc1CC(C)C. The normalized spacial score (nSPS) is 14.2. The fraction of sp³-hybridized carbons (Fsp3) is 0.400. The summed E-state index contributed by atoms with van der Waals surface area (Å²) in [5.74, 6) is -0.701. The van der Waals surface area contributed by atoms with Gasteiger partial charge in [0.15, 0.2) is 10.8 Å². The molecule has 1 aromatic heterocycles. The Labute approximate surface area is 167 Å². The lowest BCUT2D eigenvalue weighted by Gasteiger charge is -2.22. The summed E-state index contributed by atoms with van der Waals surface area (Å²) in [4.78, 5) is 43.8. The molecule has 0 saturated heterocycles. The van der Waals surface area contributed by atoms with Crippen molar-refractivity contribution in [3.05, 3.63) is 46.0 Å². The van der Waals surface area contributed by atoms with E-state index in [-0.39, 0.29) is 17.5 Å². The second-order valence-electron chi connectivity index (χ2n) is 7.14.